The van der Waals surface area contributed by atoms with Crippen molar-refractivity contribution in [3.8, 4) is 0 Å². The second kappa shape index (κ2) is 4.75. The van der Waals surface area contributed by atoms with E-state index in [1.165, 1.54) is 5.56 Å². The Hall–Kier alpha value is -0.900. The first-order chi connectivity index (χ1) is 7.25. The van der Waals surface area contributed by atoms with E-state index < -0.39 is 0 Å². The van der Waals surface area contributed by atoms with E-state index in [2.05, 4.69) is 5.32 Å². The molecule has 4 heteroatoms. The smallest absolute Gasteiger partial charge is 0.225 e. The third kappa shape index (κ3) is 2.78. The molecule has 1 heterocycles. The van der Waals surface area contributed by atoms with Crippen LogP contribution in [0.1, 0.15) is 18.0 Å². The SMILES string of the molecule is O=C(Cl)CC1N[C@@H](c2ccccc2)CO1. The fraction of sp³-hybridized carbons (Fsp3) is 0.364. The maximum absolute atomic E-state index is 10.7. The second-order valence-electron chi connectivity index (χ2n) is 3.51. The van der Waals surface area contributed by atoms with E-state index in [0.29, 0.717) is 6.61 Å². The molecule has 0 aliphatic carbocycles. The average Bonchev–Trinajstić information content (AvgIpc) is 2.67. The molecule has 1 aliphatic heterocycles. The number of nitrogens with one attached hydrogen (secondary N) is 1. The van der Waals surface area contributed by atoms with Crippen LogP contribution in [0.5, 0.6) is 0 Å². The Bertz CT molecular complexity index is 342. The predicted molar refractivity (Wildman–Crippen MR) is 57.5 cm³/mol. The number of hydrogen-bond acceptors (Lipinski definition) is 3. The normalized spacial score (nSPS) is 25.4. The molecule has 1 fully saturated rings. The van der Waals surface area contributed by atoms with Gasteiger partial charge in [-0.3, -0.25) is 10.1 Å². The third-order valence-electron chi connectivity index (χ3n) is 2.40. The number of halogens is 1. The lowest BCUT2D eigenvalue weighted by Gasteiger charge is -2.10. The van der Waals surface area contributed by atoms with Gasteiger partial charge in [0, 0.05) is 0 Å². The van der Waals surface area contributed by atoms with Crippen LogP contribution in [0, 0.1) is 0 Å². The molecule has 0 spiro atoms. The van der Waals surface area contributed by atoms with Gasteiger partial charge in [-0.15, -0.1) is 0 Å². The van der Waals surface area contributed by atoms with Gasteiger partial charge in [0.05, 0.1) is 19.1 Å². The van der Waals surface area contributed by atoms with Gasteiger partial charge in [0.2, 0.25) is 5.24 Å². The first kappa shape index (κ1) is 10.6. The highest BCUT2D eigenvalue weighted by molar-refractivity contribution is 6.63. The Kier molecular flexibility index (Phi) is 3.36. The first-order valence-electron chi connectivity index (χ1n) is 4.86. The topological polar surface area (TPSA) is 38.3 Å². The summed E-state index contributed by atoms with van der Waals surface area (Å²) < 4.78 is 5.41. The van der Waals surface area contributed by atoms with Gasteiger partial charge in [0.25, 0.3) is 0 Å². The molecule has 80 valence electrons. The summed E-state index contributed by atoms with van der Waals surface area (Å²) in [5.74, 6) is 0. The third-order valence-corrected chi connectivity index (χ3v) is 2.55. The molecule has 0 amide bonds. The lowest BCUT2D eigenvalue weighted by Crippen LogP contribution is -2.26. The maximum atomic E-state index is 10.7. The van der Waals surface area contributed by atoms with Crippen LogP contribution in [0.25, 0.3) is 0 Å². The molecule has 3 nitrogen and oxygen atoms in total. The minimum Gasteiger partial charge on any atom is -0.361 e. The van der Waals surface area contributed by atoms with Crippen LogP contribution in [0.4, 0.5) is 0 Å². The van der Waals surface area contributed by atoms with Crippen LogP contribution in [0.15, 0.2) is 30.3 Å². The number of carbonyl (C=O) groups is 1. The number of hydrogen-bond donors (Lipinski definition) is 1. The number of ether oxygens (including phenoxy) is 1. The molecule has 1 unspecified atom stereocenters. The lowest BCUT2D eigenvalue weighted by atomic mass is 10.1. The summed E-state index contributed by atoms with van der Waals surface area (Å²) in [5.41, 5.74) is 1.17. The van der Waals surface area contributed by atoms with Gasteiger partial charge in [-0.05, 0) is 17.2 Å². The highest BCUT2D eigenvalue weighted by atomic mass is 35.5. The summed E-state index contributed by atoms with van der Waals surface area (Å²) in [6, 6.07) is 10.2. The van der Waals surface area contributed by atoms with Crippen LogP contribution >= 0.6 is 11.6 Å². The van der Waals surface area contributed by atoms with E-state index in [9.17, 15) is 4.79 Å². The van der Waals surface area contributed by atoms with E-state index in [1.54, 1.807) is 0 Å². The van der Waals surface area contributed by atoms with Gasteiger partial charge in [-0.1, -0.05) is 30.3 Å². The Morgan fingerprint density at radius 1 is 1.47 bits per heavy atom. The van der Waals surface area contributed by atoms with Crippen LogP contribution < -0.4 is 5.32 Å². The molecule has 1 N–H and O–H groups in total. The molecule has 1 aromatic carbocycles. The van der Waals surface area contributed by atoms with Crippen LogP contribution in [0.3, 0.4) is 0 Å². The van der Waals surface area contributed by atoms with Gasteiger partial charge in [-0.2, -0.15) is 0 Å². The Morgan fingerprint density at radius 3 is 2.87 bits per heavy atom. The second-order valence-corrected chi connectivity index (χ2v) is 3.93. The summed E-state index contributed by atoms with van der Waals surface area (Å²) in [7, 11) is 0. The fourth-order valence-electron chi connectivity index (χ4n) is 1.67. The van der Waals surface area contributed by atoms with Gasteiger partial charge in [0.15, 0.2) is 0 Å². The van der Waals surface area contributed by atoms with Crippen molar-refractivity contribution in [3.05, 3.63) is 35.9 Å². The fourth-order valence-corrected chi connectivity index (χ4v) is 1.81. The zero-order valence-corrected chi connectivity index (χ0v) is 8.91. The minimum absolute atomic E-state index is 0.159. The summed E-state index contributed by atoms with van der Waals surface area (Å²) >= 11 is 5.29. The Balaban J connectivity index is 1.96. The molecular formula is C11H12ClNO2. The van der Waals surface area contributed by atoms with Gasteiger partial charge in [-0.25, -0.2) is 0 Å². The standard InChI is InChI=1S/C11H12ClNO2/c12-10(14)6-11-13-9(7-15-11)8-4-2-1-3-5-8/h1-5,9,11,13H,6-7H2/t9-,11?/m1/s1. The Labute approximate surface area is 93.4 Å². The molecule has 1 aromatic rings. The van der Waals surface area contributed by atoms with Crippen LogP contribution in [-0.4, -0.2) is 18.1 Å². The largest absolute Gasteiger partial charge is 0.361 e. The minimum atomic E-state index is -0.374. The van der Waals surface area contributed by atoms with Gasteiger partial charge < -0.3 is 4.74 Å². The number of rotatable bonds is 3. The molecule has 1 aliphatic rings. The molecule has 0 saturated carbocycles. The molecule has 0 bridgehead atoms. The quantitative estimate of drug-likeness (QED) is 0.798. The van der Waals surface area contributed by atoms with Crippen molar-refractivity contribution in [2.24, 2.45) is 0 Å². The van der Waals surface area contributed by atoms with Crippen molar-refractivity contribution < 1.29 is 9.53 Å². The van der Waals surface area contributed by atoms with E-state index in [0.717, 1.165) is 0 Å². The van der Waals surface area contributed by atoms with Gasteiger partial charge >= 0.3 is 0 Å². The van der Waals surface area contributed by atoms with E-state index in [-0.39, 0.29) is 23.9 Å². The van der Waals surface area contributed by atoms with E-state index >= 15 is 0 Å². The molecule has 0 radical (unpaired) electrons. The van der Waals surface area contributed by atoms with Crippen molar-refractivity contribution in [2.75, 3.05) is 6.61 Å². The molecule has 2 rings (SSSR count). The highest BCUT2D eigenvalue weighted by Crippen LogP contribution is 2.21. The summed E-state index contributed by atoms with van der Waals surface area (Å²) in [5, 5.41) is 2.84. The van der Waals surface area contributed by atoms with Crippen molar-refractivity contribution in [1.82, 2.24) is 5.32 Å². The monoisotopic (exact) mass is 225 g/mol. The van der Waals surface area contributed by atoms with Crippen LogP contribution in [-0.2, 0) is 9.53 Å². The van der Waals surface area contributed by atoms with Gasteiger partial charge in [0.1, 0.15) is 6.23 Å². The van der Waals surface area contributed by atoms with Crippen molar-refractivity contribution in [1.29, 1.82) is 0 Å². The summed E-state index contributed by atoms with van der Waals surface area (Å²) in [4.78, 5) is 10.7. The van der Waals surface area contributed by atoms with Crippen molar-refractivity contribution in [3.63, 3.8) is 0 Å². The lowest BCUT2D eigenvalue weighted by molar-refractivity contribution is -0.113. The van der Waals surface area contributed by atoms with Crippen molar-refractivity contribution in [2.45, 2.75) is 18.7 Å². The Morgan fingerprint density at radius 2 is 2.20 bits per heavy atom. The molecule has 2 atom stereocenters. The average molecular weight is 226 g/mol. The predicted octanol–water partition coefficient (Wildman–Crippen LogP) is 1.83. The number of carbonyl (C=O) groups excluding carboxylic acids is 1. The molecule has 1 saturated heterocycles. The summed E-state index contributed by atoms with van der Waals surface area (Å²) in [6.07, 6.45) is -0.0366. The molecule has 0 aromatic heterocycles. The molecule has 15 heavy (non-hydrogen) atoms. The van der Waals surface area contributed by atoms with Crippen LogP contribution in [0.2, 0.25) is 0 Å². The first-order valence-corrected chi connectivity index (χ1v) is 5.24. The summed E-state index contributed by atoms with van der Waals surface area (Å²) in [6.45, 7) is 0.582. The van der Waals surface area contributed by atoms with E-state index in [1.807, 2.05) is 30.3 Å². The number of benzene rings is 1. The van der Waals surface area contributed by atoms with E-state index in [4.69, 9.17) is 16.3 Å². The van der Waals surface area contributed by atoms with Crippen molar-refractivity contribution >= 4 is 16.8 Å². The molecular weight excluding hydrogens is 214 g/mol. The zero-order valence-electron chi connectivity index (χ0n) is 8.15. The highest BCUT2D eigenvalue weighted by Gasteiger charge is 2.26. The maximum Gasteiger partial charge on any atom is 0.225 e. The zero-order chi connectivity index (χ0) is 10.7.